The molecule has 0 aliphatic carbocycles. The number of aromatic nitrogens is 2. The molecule has 2 aromatic heterocycles. The van der Waals surface area contributed by atoms with Gasteiger partial charge >= 0.3 is 0 Å². The van der Waals surface area contributed by atoms with Crippen LogP contribution in [-0.2, 0) is 6.54 Å². The number of carbonyl (C=O) groups excluding carboxylic acids is 1. The van der Waals surface area contributed by atoms with Gasteiger partial charge < -0.3 is 15.1 Å². The molecule has 7 heteroatoms. The van der Waals surface area contributed by atoms with E-state index in [1.54, 1.807) is 13.0 Å². The van der Waals surface area contributed by atoms with Gasteiger partial charge in [-0.2, -0.15) is 5.26 Å². The van der Waals surface area contributed by atoms with Gasteiger partial charge in [0.2, 0.25) is 0 Å². The number of aryl methyl sites for hydroxylation is 2. The number of pyridine rings is 2. The molecular weight excluding hydrogens is 460 g/mol. The van der Waals surface area contributed by atoms with Crippen molar-refractivity contribution in [3.8, 4) is 6.07 Å². The van der Waals surface area contributed by atoms with Gasteiger partial charge in [-0.3, -0.25) is 9.78 Å². The summed E-state index contributed by atoms with van der Waals surface area (Å²) in [6.45, 7) is 9.41. The lowest BCUT2D eigenvalue weighted by molar-refractivity contribution is 0.0943. The van der Waals surface area contributed by atoms with Gasteiger partial charge in [0.1, 0.15) is 11.8 Å². The van der Waals surface area contributed by atoms with Crippen molar-refractivity contribution in [1.82, 2.24) is 20.2 Å². The molecule has 1 fully saturated rings. The van der Waals surface area contributed by atoms with Gasteiger partial charge in [0.15, 0.2) is 0 Å². The summed E-state index contributed by atoms with van der Waals surface area (Å²) >= 11 is 0. The zero-order valence-corrected chi connectivity index (χ0v) is 22.0. The van der Waals surface area contributed by atoms with Gasteiger partial charge in [0.05, 0.1) is 11.3 Å². The molecule has 0 bridgehead atoms. The molecule has 1 saturated heterocycles. The molecule has 0 saturated carbocycles. The molecule has 1 N–H and O–H groups in total. The van der Waals surface area contributed by atoms with Crippen LogP contribution in [0.5, 0.6) is 0 Å². The van der Waals surface area contributed by atoms with E-state index < -0.39 is 0 Å². The number of piperidine rings is 1. The molecule has 0 spiro atoms. The Morgan fingerprint density at radius 2 is 1.95 bits per heavy atom. The predicted molar refractivity (Wildman–Crippen MR) is 146 cm³/mol. The average molecular weight is 497 g/mol. The highest BCUT2D eigenvalue weighted by atomic mass is 16.1. The zero-order chi connectivity index (χ0) is 26.2. The number of hydrogen-bond donors (Lipinski definition) is 1. The molecule has 37 heavy (non-hydrogen) atoms. The Morgan fingerprint density at radius 3 is 2.59 bits per heavy atom. The van der Waals surface area contributed by atoms with E-state index in [9.17, 15) is 4.79 Å². The van der Waals surface area contributed by atoms with Crippen molar-refractivity contribution in [3.63, 3.8) is 0 Å². The van der Waals surface area contributed by atoms with Crippen LogP contribution < -0.4 is 10.2 Å². The lowest BCUT2D eigenvalue weighted by atomic mass is 9.99. The van der Waals surface area contributed by atoms with Gasteiger partial charge in [0.25, 0.3) is 5.91 Å². The van der Waals surface area contributed by atoms with Gasteiger partial charge in [0, 0.05) is 56.3 Å². The first-order chi connectivity index (χ1) is 18.0. The van der Waals surface area contributed by atoms with Crippen LogP contribution in [0, 0.1) is 25.2 Å². The summed E-state index contributed by atoms with van der Waals surface area (Å²) in [5, 5.41) is 12.2. The van der Waals surface area contributed by atoms with Crippen LogP contribution in [0.3, 0.4) is 0 Å². The number of amides is 1. The topological polar surface area (TPSA) is 85.1 Å². The van der Waals surface area contributed by atoms with Crippen LogP contribution in [0.2, 0.25) is 0 Å². The summed E-state index contributed by atoms with van der Waals surface area (Å²) in [5.41, 5.74) is 4.77. The number of nitrogens with zero attached hydrogens (tertiary/aromatic N) is 5. The molecule has 4 rings (SSSR count). The number of para-hydroxylation sites is 1. The molecule has 192 valence electrons. The van der Waals surface area contributed by atoms with Crippen molar-refractivity contribution in [2.45, 2.75) is 58.7 Å². The summed E-state index contributed by atoms with van der Waals surface area (Å²) in [6, 6.07) is 19.4. The molecule has 1 aromatic carbocycles. The highest BCUT2D eigenvalue weighted by Gasteiger charge is 2.27. The Labute approximate surface area is 220 Å². The van der Waals surface area contributed by atoms with Crippen LogP contribution in [0.4, 0.5) is 5.69 Å². The number of likely N-dealkylation sites (tertiary alicyclic amines) is 1. The van der Waals surface area contributed by atoms with Crippen molar-refractivity contribution in [1.29, 1.82) is 5.26 Å². The van der Waals surface area contributed by atoms with Crippen molar-refractivity contribution in [2.75, 3.05) is 24.5 Å². The van der Waals surface area contributed by atoms with Gasteiger partial charge in [-0.15, -0.1) is 0 Å². The number of nitrogens with one attached hydrogen (secondary N) is 1. The third-order valence-electron chi connectivity index (χ3n) is 7.31. The molecule has 1 aliphatic heterocycles. The third kappa shape index (κ3) is 6.72. The monoisotopic (exact) mass is 496 g/mol. The highest BCUT2D eigenvalue weighted by Crippen LogP contribution is 2.26. The van der Waals surface area contributed by atoms with Crippen LogP contribution in [-0.4, -0.2) is 52.5 Å². The van der Waals surface area contributed by atoms with Gasteiger partial charge in [-0.05, 0) is 75.4 Å². The lowest BCUT2D eigenvalue weighted by Crippen LogP contribution is -2.48. The molecule has 0 unspecified atom stereocenters. The molecule has 1 atom stereocenters. The normalized spacial score (nSPS) is 15.1. The minimum atomic E-state index is -0.119. The number of hydrogen-bond acceptors (Lipinski definition) is 6. The Bertz CT molecular complexity index is 1190. The summed E-state index contributed by atoms with van der Waals surface area (Å²) in [7, 11) is 0. The number of nitriles is 1. The fourth-order valence-corrected chi connectivity index (χ4v) is 5.27. The fraction of sp³-hybridized carbons (Fsp3) is 0.400. The maximum absolute atomic E-state index is 12.8. The van der Waals surface area contributed by atoms with E-state index in [0.717, 1.165) is 44.5 Å². The van der Waals surface area contributed by atoms with E-state index in [2.05, 4.69) is 68.4 Å². The summed E-state index contributed by atoms with van der Waals surface area (Å²) in [5.74, 6) is -0.119. The van der Waals surface area contributed by atoms with Crippen LogP contribution in [0.15, 0.2) is 60.9 Å². The highest BCUT2D eigenvalue weighted by molar-refractivity contribution is 5.96. The first-order valence-electron chi connectivity index (χ1n) is 13.1. The standard InChI is InChI=1S/C30H36N6O/c1-22-18-26(19-31)34-24(3)29(22)30(37)33-15-11-23(2)35-16-12-28(13-17-35)36(27-9-5-4-6-10-27)21-25-8-7-14-32-20-25/h4-10,14,18,20,23,28H,11-13,15-17,21H2,1-3H3,(H,33,37)/t23-/m1/s1. The number of benzene rings is 1. The van der Waals surface area contributed by atoms with E-state index in [-0.39, 0.29) is 5.91 Å². The van der Waals surface area contributed by atoms with Crippen LogP contribution >= 0.6 is 0 Å². The van der Waals surface area contributed by atoms with E-state index in [1.807, 2.05) is 31.5 Å². The average Bonchev–Trinajstić information content (AvgIpc) is 2.92. The summed E-state index contributed by atoms with van der Waals surface area (Å²) in [4.78, 5) is 26.4. The SMILES string of the molecule is Cc1cc(C#N)nc(C)c1C(=O)NCC[C@@H](C)N1CCC(N(Cc2cccnc2)c2ccccc2)CC1. The Kier molecular flexibility index (Phi) is 8.86. The maximum atomic E-state index is 12.8. The number of rotatable bonds is 9. The van der Waals surface area contributed by atoms with Crippen molar-refractivity contribution < 1.29 is 4.79 Å². The second-order valence-corrected chi connectivity index (χ2v) is 9.88. The molecule has 7 nitrogen and oxygen atoms in total. The first kappa shape index (κ1) is 26.3. The second-order valence-electron chi connectivity index (χ2n) is 9.88. The second kappa shape index (κ2) is 12.5. The number of carbonyl (C=O) groups is 1. The van der Waals surface area contributed by atoms with Gasteiger partial charge in [-0.1, -0.05) is 24.3 Å². The van der Waals surface area contributed by atoms with E-state index in [1.165, 1.54) is 11.3 Å². The molecular formula is C30H36N6O. The summed E-state index contributed by atoms with van der Waals surface area (Å²) < 4.78 is 0. The van der Waals surface area contributed by atoms with Crippen molar-refractivity contribution in [3.05, 3.63) is 89.0 Å². The van der Waals surface area contributed by atoms with E-state index in [0.29, 0.717) is 35.6 Å². The largest absolute Gasteiger partial charge is 0.364 e. The maximum Gasteiger partial charge on any atom is 0.253 e. The van der Waals surface area contributed by atoms with Crippen LogP contribution in [0.1, 0.15) is 59.1 Å². The zero-order valence-electron chi connectivity index (χ0n) is 22.0. The quantitative estimate of drug-likeness (QED) is 0.464. The Hall–Kier alpha value is -3.76. The Balaban J connectivity index is 1.30. The Morgan fingerprint density at radius 1 is 1.19 bits per heavy atom. The van der Waals surface area contributed by atoms with E-state index >= 15 is 0 Å². The lowest BCUT2D eigenvalue weighted by Gasteiger charge is -2.42. The molecule has 3 heterocycles. The summed E-state index contributed by atoms with van der Waals surface area (Å²) in [6.07, 6.45) is 6.86. The van der Waals surface area contributed by atoms with Crippen molar-refractivity contribution in [2.24, 2.45) is 0 Å². The van der Waals surface area contributed by atoms with Crippen molar-refractivity contribution >= 4 is 11.6 Å². The van der Waals surface area contributed by atoms with E-state index in [4.69, 9.17) is 5.26 Å². The first-order valence-corrected chi connectivity index (χ1v) is 13.1. The van der Waals surface area contributed by atoms with Crippen LogP contribution in [0.25, 0.3) is 0 Å². The minimum absolute atomic E-state index is 0.119. The van der Waals surface area contributed by atoms with Gasteiger partial charge in [-0.25, -0.2) is 4.98 Å². The molecule has 1 aliphatic rings. The smallest absolute Gasteiger partial charge is 0.253 e. The molecule has 1 amide bonds. The molecule has 3 aromatic rings. The minimum Gasteiger partial charge on any atom is -0.364 e. The predicted octanol–water partition coefficient (Wildman–Crippen LogP) is 4.64. The fourth-order valence-electron chi connectivity index (χ4n) is 5.27. The third-order valence-corrected chi connectivity index (χ3v) is 7.31. The molecule has 0 radical (unpaired) electrons. The number of anilines is 1.